The van der Waals surface area contributed by atoms with Crippen molar-refractivity contribution in [2.24, 2.45) is 0 Å². The fourth-order valence-electron chi connectivity index (χ4n) is 4.33. The van der Waals surface area contributed by atoms with E-state index in [1.807, 2.05) is 51.1 Å². The van der Waals surface area contributed by atoms with Gasteiger partial charge in [-0.1, -0.05) is 30.3 Å². The van der Waals surface area contributed by atoms with E-state index in [4.69, 9.17) is 9.47 Å². The maximum absolute atomic E-state index is 12.3. The molecule has 2 saturated carbocycles. The molecular formula is C21H30N2O4. The number of alkyl carbamates (subject to hydrolysis) is 2. The van der Waals surface area contributed by atoms with Gasteiger partial charge >= 0.3 is 12.2 Å². The van der Waals surface area contributed by atoms with E-state index in [1.165, 1.54) is 0 Å². The van der Waals surface area contributed by atoms with Crippen molar-refractivity contribution < 1.29 is 19.1 Å². The first kappa shape index (κ1) is 19.5. The lowest BCUT2D eigenvalue weighted by Crippen LogP contribution is -2.55. The second kappa shape index (κ2) is 7.41. The van der Waals surface area contributed by atoms with Crippen molar-refractivity contribution in [3.63, 3.8) is 0 Å². The highest BCUT2D eigenvalue weighted by Crippen LogP contribution is 2.48. The highest BCUT2D eigenvalue weighted by Gasteiger charge is 2.53. The van der Waals surface area contributed by atoms with E-state index in [-0.39, 0.29) is 23.8 Å². The largest absolute Gasteiger partial charge is 0.445 e. The number of hydrogen-bond acceptors (Lipinski definition) is 4. The van der Waals surface area contributed by atoms with Crippen LogP contribution < -0.4 is 10.6 Å². The first-order valence-corrected chi connectivity index (χ1v) is 9.69. The Morgan fingerprint density at radius 1 is 0.963 bits per heavy atom. The molecule has 148 valence electrons. The minimum atomic E-state index is -0.523. The van der Waals surface area contributed by atoms with Gasteiger partial charge < -0.3 is 20.1 Å². The molecule has 6 heteroatoms. The summed E-state index contributed by atoms with van der Waals surface area (Å²) >= 11 is 0. The summed E-state index contributed by atoms with van der Waals surface area (Å²) in [5, 5.41) is 6.17. The van der Waals surface area contributed by atoms with Crippen molar-refractivity contribution in [1.82, 2.24) is 10.6 Å². The van der Waals surface area contributed by atoms with Crippen LogP contribution in [0.25, 0.3) is 0 Å². The van der Waals surface area contributed by atoms with Crippen molar-refractivity contribution in [1.29, 1.82) is 0 Å². The van der Waals surface area contributed by atoms with Gasteiger partial charge in [-0.15, -0.1) is 0 Å². The zero-order chi connectivity index (χ0) is 19.5. The summed E-state index contributed by atoms with van der Waals surface area (Å²) in [7, 11) is 0. The Morgan fingerprint density at radius 3 is 2.15 bits per heavy atom. The minimum absolute atomic E-state index is 0.254. The van der Waals surface area contributed by atoms with E-state index < -0.39 is 11.7 Å². The Balaban J connectivity index is 1.55. The van der Waals surface area contributed by atoms with Crippen molar-refractivity contribution in [3.05, 3.63) is 35.9 Å². The summed E-state index contributed by atoms with van der Waals surface area (Å²) in [6.45, 7) is 5.82. The van der Waals surface area contributed by atoms with Gasteiger partial charge in [0.2, 0.25) is 0 Å². The number of carbonyl (C=O) groups is 2. The number of nitrogens with one attached hydrogen (secondary N) is 2. The Morgan fingerprint density at radius 2 is 1.56 bits per heavy atom. The molecule has 27 heavy (non-hydrogen) atoms. The van der Waals surface area contributed by atoms with Crippen LogP contribution in [-0.4, -0.2) is 28.9 Å². The van der Waals surface area contributed by atoms with Crippen LogP contribution in [0.3, 0.4) is 0 Å². The molecule has 0 aromatic heterocycles. The van der Waals surface area contributed by atoms with Crippen molar-refractivity contribution in [2.45, 2.75) is 82.6 Å². The molecule has 2 amide bonds. The molecule has 0 heterocycles. The van der Waals surface area contributed by atoms with Crippen LogP contribution in [0.4, 0.5) is 9.59 Å². The second-order valence-corrected chi connectivity index (χ2v) is 8.90. The molecule has 0 spiro atoms. The van der Waals surface area contributed by atoms with Gasteiger partial charge in [-0.25, -0.2) is 9.59 Å². The third-order valence-electron chi connectivity index (χ3n) is 5.42. The number of amides is 2. The van der Waals surface area contributed by atoms with Crippen LogP contribution in [0.15, 0.2) is 30.3 Å². The lowest BCUT2D eigenvalue weighted by atomic mass is 9.78. The van der Waals surface area contributed by atoms with Crippen LogP contribution in [0.5, 0.6) is 0 Å². The number of rotatable bonds is 4. The van der Waals surface area contributed by atoms with Crippen LogP contribution in [0.1, 0.15) is 64.9 Å². The quantitative estimate of drug-likeness (QED) is 0.824. The van der Waals surface area contributed by atoms with Crippen LogP contribution >= 0.6 is 0 Å². The van der Waals surface area contributed by atoms with Crippen LogP contribution in [-0.2, 0) is 16.1 Å². The fourth-order valence-corrected chi connectivity index (χ4v) is 4.33. The molecule has 2 fully saturated rings. The SMILES string of the molecule is CC(C)(C)OC(=O)NC12CCCC(NC(=O)OCc3ccccc3)(CC1)C2. The van der Waals surface area contributed by atoms with Crippen LogP contribution in [0.2, 0.25) is 0 Å². The summed E-state index contributed by atoms with van der Waals surface area (Å²) in [5.41, 5.74) is -0.167. The molecule has 0 radical (unpaired) electrons. The molecule has 3 rings (SSSR count). The Hall–Kier alpha value is -2.24. The van der Waals surface area contributed by atoms with Gasteiger partial charge in [0.1, 0.15) is 12.2 Å². The third-order valence-corrected chi connectivity index (χ3v) is 5.42. The fraction of sp³-hybridized carbons (Fsp3) is 0.619. The number of carbonyl (C=O) groups excluding carboxylic acids is 2. The van der Waals surface area contributed by atoms with Gasteiger partial charge in [-0.05, 0) is 64.9 Å². The molecule has 0 saturated heterocycles. The van der Waals surface area contributed by atoms with Crippen LogP contribution in [0, 0.1) is 0 Å². The van der Waals surface area contributed by atoms with Gasteiger partial charge in [0.25, 0.3) is 0 Å². The van der Waals surface area contributed by atoms with Gasteiger partial charge in [-0.3, -0.25) is 0 Å². The van der Waals surface area contributed by atoms with Gasteiger partial charge in [0.15, 0.2) is 0 Å². The average molecular weight is 374 g/mol. The monoisotopic (exact) mass is 374 g/mol. The van der Waals surface area contributed by atoms with Gasteiger partial charge in [0.05, 0.1) is 0 Å². The zero-order valence-corrected chi connectivity index (χ0v) is 16.5. The molecule has 6 nitrogen and oxygen atoms in total. The Kier molecular flexibility index (Phi) is 5.36. The molecule has 2 aliphatic carbocycles. The first-order chi connectivity index (χ1) is 12.7. The summed E-state index contributed by atoms with van der Waals surface area (Å²) in [6, 6.07) is 9.63. The summed E-state index contributed by atoms with van der Waals surface area (Å²) in [6.07, 6.45) is 4.39. The van der Waals surface area contributed by atoms with E-state index in [1.54, 1.807) is 0 Å². The highest BCUT2D eigenvalue weighted by atomic mass is 16.6. The van der Waals surface area contributed by atoms with E-state index in [0.717, 1.165) is 44.1 Å². The van der Waals surface area contributed by atoms with E-state index in [2.05, 4.69) is 10.6 Å². The third kappa shape index (κ3) is 5.15. The first-order valence-electron chi connectivity index (χ1n) is 9.69. The van der Waals surface area contributed by atoms with E-state index >= 15 is 0 Å². The molecule has 1 aromatic carbocycles. The molecule has 2 atom stereocenters. The zero-order valence-electron chi connectivity index (χ0n) is 16.5. The molecule has 2 unspecified atom stereocenters. The lowest BCUT2D eigenvalue weighted by molar-refractivity contribution is 0.0427. The van der Waals surface area contributed by atoms with Gasteiger partial charge in [-0.2, -0.15) is 0 Å². The molecule has 1 aromatic rings. The summed E-state index contributed by atoms with van der Waals surface area (Å²) < 4.78 is 10.8. The van der Waals surface area contributed by atoms with Gasteiger partial charge in [0, 0.05) is 11.1 Å². The standard InChI is InChI=1S/C21H30N2O4/c1-19(2,3)27-18(25)23-21-11-7-10-20(15-21,12-13-21)22-17(24)26-14-16-8-5-4-6-9-16/h4-6,8-9H,7,10-15H2,1-3H3,(H,22,24)(H,23,25). The summed E-state index contributed by atoms with van der Waals surface area (Å²) in [4.78, 5) is 24.6. The summed E-state index contributed by atoms with van der Waals surface area (Å²) in [5.74, 6) is 0. The predicted octanol–water partition coefficient (Wildman–Crippen LogP) is 4.28. The Labute approximate surface area is 161 Å². The second-order valence-electron chi connectivity index (χ2n) is 8.90. The normalized spacial score (nSPS) is 26.9. The average Bonchev–Trinajstić information content (AvgIpc) is 2.82. The number of benzene rings is 1. The maximum Gasteiger partial charge on any atom is 0.408 e. The Bertz CT molecular complexity index is 685. The lowest BCUT2D eigenvalue weighted by Gasteiger charge is -2.40. The number of hydrogen-bond donors (Lipinski definition) is 2. The molecule has 0 aliphatic heterocycles. The van der Waals surface area contributed by atoms with Crippen molar-refractivity contribution in [2.75, 3.05) is 0 Å². The van der Waals surface area contributed by atoms with Crippen molar-refractivity contribution in [3.8, 4) is 0 Å². The van der Waals surface area contributed by atoms with E-state index in [0.29, 0.717) is 0 Å². The maximum atomic E-state index is 12.3. The smallest absolute Gasteiger partial charge is 0.408 e. The molecule has 2 bridgehead atoms. The number of ether oxygens (including phenoxy) is 2. The topological polar surface area (TPSA) is 76.7 Å². The van der Waals surface area contributed by atoms with E-state index in [9.17, 15) is 9.59 Å². The minimum Gasteiger partial charge on any atom is -0.445 e. The molecular weight excluding hydrogens is 344 g/mol. The highest BCUT2D eigenvalue weighted by molar-refractivity contribution is 5.70. The molecule has 2 N–H and O–H groups in total. The predicted molar refractivity (Wildman–Crippen MR) is 102 cm³/mol. The van der Waals surface area contributed by atoms with Crippen molar-refractivity contribution >= 4 is 12.2 Å². The number of fused-ring (bicyclic) bond motifs is 2. The molecule has 2 aliphatic rings.